The van der Waals surface area contributed by atoms with Crippen LogP contribution in [-0.4, -0.2) is 15.5 Å². The van der Waals surface area contributed by atoms with E-state index in [1.807, 2.05) is 30.5 Å². The van der Waals surface area contributed by atoms with Crippen molar-refractivity contribution in [1.29, 1.82) is 0 Å². The lowest BCUT2D eigenvalue weighted by molar-refractivity contribution is 0.377. The van der Waals surface area contributed by atoms with E-state index in [0.29, 0.717) is 6.42 Å². The van der Waals surface area contributed by atoms with Gasteiger partial charge >= 0.3 is 0 Å². The third-order valence-corrected chi connectivity index (χ3v) is 6.10. The van der Waals surface area contributed by atoms with Gasteiger partial charge in [-0.3, -0.25) is 4.98 Å². The normalized spacial score (nSPS) is 29.3. The van der Waals surface area contributed by atoms with Gasteiger partial charge in [-0.2, -0.15) is 0 Å². The predicted octanol–water partition coefficient (Wildman–Crippen LogP) is 3.40. The molecule has 3 N–H and O–H groups in total. The molecule has 0 aromatic carbocycles. The molecular weight excluding hydrogens is 372 g/mol. The van der Waals surface area contributed by atoms with Crippen molar-refractivity contribution in [3.05, 3.63) is 51.2 Å². The average molecular weight is 386 g/mol. The Bertz CT molecular complexity index is 672. The molecule has 4 nitrogen and oxygen atoms in total. The lowest BCUT2D eigenvalue weighted by Gasteiger charge is -2.42. The Morgan fingerprint density at radius 3 is 2.81 bits per heavy atom. The van der Waals surface area contributed by atoms with Crippen molar-refractivity contribution in [2.45, 2.75) is 23.9 Å². The van der Waals surface area contributed by atoms with Gasteiger partial charge in [0.2, 0.25) is 0 Å². The van der Waals surface area contributed by atoms with Crippen molar-refractivity contribution in [2.75, 3.05) is 0 Å². The van der Waals surface area contributed by atoms with Crippen molar-refractivity contribution >= 4 is 44.6 Å². The molecule has 0 saturated carbocycles. The van der Waals surface area contributed by atoms with Crippen molar-refractivity contribution in [2.24, 2.45) is 5.73 Å². The molecule has 0 amide bonds. The molecule has 3 heterocycles. The van der Waals surface area contributed by atoms with E-state index in [9.17, 15) is 0 Å². The van der Waals surface area contributed by atoms with Crippen LogP contribution in [0.15, 0.2) is 40.5 Å². The fourth-order valence-corrected chi connectivity index (χ4v) is 4.08. The van der Waals surface area contributed by atoms with E-state index in [2.05, 4.69) is 31.2 Å². The standard InChI is InChI=1S/C14H14BrClN4S/c1-13(17)8-14(16,12-19-6-7-21-12)20-10(11(13)15)9-4-2-3-5-18-9/h2-7,20H,8,17H2,1H3. The van der Waals surface area contributed by atoms with Crippen LogP contribution >= 0.6 is 38.9 Å². The van der Waals surface area contributed by atoms with Crippen LogP contribution in [0.25, 0.3) is 5.70 Å². The second-order valence-electron chi connectivity index (χ2n) is 5.26. The molecule has 21 heavy (non-hydrogen) atoms. The lowest BCUT2D eigenvalue weighted by atomic mass is 9.88. The summed E-state index contributed by atoms with van der Waals surface area (Å²) in [7, 11) is 0. The molecular formula is C14H14BrClN4S. The number of hydrogen-bond acceptors (Lipinski definition) is 5. The monoisotopic (exact) mass is 384 g/mol. The fourth-order valence-electron chi connectivity index (χ4n) is 2.40. The lowest BCUT2D eigenvalue weighted by Crippen LogP contribution is -2.53. The topological polar surface area (TPSA) is 63.8 Å². The SMILES string of the molecule is CC1(N)CC(Cl)(c2nccs2)NC(c2ccccn2)=C1Br. The summed E-state index contributed by atoms with van der Waals surface area (Å²) in [5.41, 5.74) is 7.44. The van der Waals surface area contributed by atoms with Gasteiger partial charge in [0, 0.05) is 28.7 Å². The number of hydrogen-bond donors (Lipinski definition) is 2. The van der Waals surface area contributed by atoms with Crippen LogP contribution in [0, 0.1) is 0 Å². The predicted molar refractivity (Wildman–Crippen MR) is 90.1 cm³/mol. The van der Waals surface area contributed by atoms with Gasteiger partial charge in [0.1, 0.15) is 5.01 Å². The first-order chi connectivity index (χ1) is 9.92. The van der Waals surface area contributed by atoms with Crippen LogP contribution in [0.2, 0.25) is 0 Å². The van der Waals surface area contributed by atoms with Crippen molar-refractivity contribution in [1.82, 2.24) is 15.3 Å². The Hall–Kier alpha value is -0.950. The third kappa shape index (κ3) is 2.73. The van der Waals surface area contributed by atoms with E-state index in [-0.39, 0.29) is 0 Å². The zero-order valence-corrected chi connectivity index (χ0v) is 14.5. The maximum Gasteiger partial charge on any atom is 0.167 e. The molecule has 2 unspecified atom stereocenters. The highest BCUT2D eigenvalue weighted by Gasteiger charge is 2.46. The summed E-state index contributed by atoms with van der Waals surface area (Å²) in [6.07, 6.45) is 4.01. The highest BCUT2D eigenvalue weighted by atomic mass is 79.9. The first kappa shape index (κ1) is 15.0. The van der Waals surface area contributed by atoms with Crippen molar-refractivity contribution < 1.29 is 0 Å². The molecule has 7 heteroatoms. The number of alkyl halides is 1. The van der Waals surface area contributed by atoms with E-state index in [1.54, 1.807) is 12.4 Å². The highest BCUT2D eigenvalue weighted by molar-refractivity contribution is 9.12. The first-order valence-corrected chi connectivity index (χ1v) is 8.45. The largest absolute Gasteiger partial charge is 0.359 e. The molecule has 110 valence electrons. The van der Waals surface area contributed by atoms with Crippen LogP contribution in [-0.2, 0) is 5.00 Å². The van der Waals surface area contributed by atoms with Crippen LogP contribution in [0.1, 0.15) is 24.0 Å². The molecule has 1 aliphatic rings. The Morgan fingerprint density at radius 1 is 1.38 bits per heavy atom. The zero-order valence-electron chi connectivity index (χ0n) is 11.3. The molecule has 2 aromatic rings. The van der Waals surface area contributed by atoms with E-state index in [1.165, 1.54) is 11.3 Å². The van der Waals surface area contributed by atoms with Gasteiger partial charge < -0.3 is 11.1 Å². The quantitative estimate of drug-likeness (QED) is 0.614. The van der Waals surface area contributed by atoms with E-state index < -0.39 is 10.5 Å². The van der Waals surface area contributed by atoms with Gasteiger partial charge in [0.05, 0.1) is 16.9 Å². The van der Waals surface area contributed by atoms with Crippen LogP contribution in [0.4, 0.5) is 0 Å². The van der Waals surface area contributed by atoms with Crippen LogP contribution in [0.5, 0.6) is 0 Å². The Labute approximate surface area is 140 Å². The molecule has 1 aliphatic heterocycles. The fraction of sp³-hybridized carbons (Fsp3) is 0.286. The molecule has 0 radical (unpaired) electrons. The van der Waals surface area contributed by atoms with Crippen LogP contribution in [0.3, 0.4) is 0 Å². The Balaban J connectivity index is 2.10. The van der Waals surface area contributed by atoms with Gasteiger partial charge in [-0.15, -0.1) is 11.3 Å². The van der Waals surface area contributed by atoms with Crippen LogP contribution < -0.4 is 11.1 Å². The summed E-state index contributed by atoms with van der Waals surface area (Å²) >= 11 is 11.9. The Kier molecular flexibility index (Phi) is 3.81. The average Bonchev–Trinajstić information content (AvgIpc) is 2.98. The Morgan fingerprint density at radius 2 is 2.19 bits per heavy atom. The number of nitrogens with one attached hydrogen (secondary N) is 1. The second-order valence-corrected chi connectivity index (χ2v) is 7.59. The minimum atomic E-state index is -0.832. The number of rotatable bonds is 2. The van der Waals surface area contributed by atoms with E-state index in [0.717, 1.165) is 20.9 Å². The number of aromatic nitrogens is 2. The molecule has 0 aliphatic carbocycles. The van der Waals surface area contributed by atoms with Gasteiger partial charge in [0.15, 0.2) is 5.00 Å². The van der Waals surface area contributed by atoms with Gasteiger partial charge in [0.25, 0.3) is 0 Å². The summed E-state index contributed by atoms with van der Waals surface area (Å²) in [4.78, 5) is 7.89. The minimum absolute atomic E-state index is 0.520. The molecule has 0 bridgehead atoms. The molecule has 0 fully saturated rings. The first-order valence-electron chi connectivity index (χ1n) is 6.40. The summed E-state index contributed by atoms with van der Waals surface area (Å²) in [6.45, 7) is 1.95. The maximum absolute atomic E-state index is 6.81. The minimum Gasteiger partial charge on any atom is -0.359 e. The zero-order chi connectivity index (χ0) is 15.1. The third-order valence-electron chi connectivity index (χ3n) is 3.35. The molecule has 3 rings (SSSR count). The smallest absolute Gasteiger partial charge is 0.167 e. The molecule has 2 aromatic heterocycles. The second kappa shape index (κ2) is 5.35. The summed E-state index contributed by atoms with van der Waals surface area (Å²) in [5.74, 6) is 0. The summed E-state index contributed by atoms with van der Waals surface area (Å²) < 4.78 is 0.863. The number of pyridine rings is 1. The summed E-state index contributed by atoms with van der Waals surface area (Å²) in [5, 5.41) is 6.06. The van der Waals surface area contributed by atoms with E-state index >= 15 is 0 Å². The van der Waals surface area contributed by atoms with E-state index in [4.69, 9.17) is 17.3 Å². The number of nitrogens with two attached hydrogens (primary N) is 1. The number of halogens is 2. The highest BCUT2D eigenvalue weighted by Crippen LogP contribution is 2.46. The molecule has 2 atom stereocenters. The summed E-state index contributed by atoms with van der Waals surface area (Å²) in [6, 6.07) is 5.72. The van der Waals surface area contributed by atoms with Gasteiger partial charge in [-0.05, 0) is 19.1 Å². The number of thiazole rings is 1. The van der Waals surface area contributed by atoms with Crippen molar-refractivity contribution in [3.63, 3.8) is 0 Å². The molecule has 0 spiro atoms. The molecule has 0 saturated heterocycles. The van der Waals surface area contributed by atoms with Gasteiger partial charge in [-0.1, -0.05) is 33.6 Å². The maximum atomic E-state index is 6.81. The number of nitrogens with zero attached hydrogens (tertiary/aromatic N) is 2. The van der Waals surface area contributed by atoms with Crippen molar-refractivity contribution in [3.8, 4) is 0 Å². The van der Waals surface area contributed by atoms with Gasteiger partial charge in [-0.25, -0.2) is 4.98 Å².